The summed E-state index contributed by atoms with van der Waals surface area (Å²) in [6, 6.07) is 1.92. The van der Waals surface area contributed by atoms with Crippen LogP contribution in [-0.4, -0.2) is 32.1 Å². The molecule has 5 heteroatoms. The van der Waals surface area contributed by atoms with Crippen molar-refractivity contribution in [2.24, 2.45) is 5.92 Å². The Hall–Kier alpha value is -1.07. The molecule has 0 amide bonds. The maximum Gasteiger partial charge on any atom is 0.177 e. The summed E-state index contributed by atoms with van der Waals surface area (Å²) >= 11 is 1.51. The number of nitrogens with zero attached hydrogens (tertiary/aromatic N) is 1. The number of thiophene rings is 1. The number of nitrogen functional groups attached to an aromatic ring is 1. The van der Waals surface area contributed by atoms with Crippen LogP contribution >= 0.6 is 11.3 Å². The molecule has 1 fully saturated rings. The smallest absolute Gasteiger partial charge is 0.177 e. The van der Waals surface area contributed by atoms with Crippen molar-refractivity contribution < 1.29 is 9.53 Å². The van der Waals surface area contributed by atoms with Gasteiger partial charge in [-0.25, -0.2) is 0 Å². The van der Waals surface area contributed by atoms with Crippen LogP contribution in [0.15, 0.2) is 6.07 Å². The maximum absolute atomic E-state index is 12.0. The standard InChI is InChI=1S/C13H20N2O2S/c1-9(2)12(16)13-10(14)8-11(18-13)15-4-3-6-17-7-5-15/h8-9H,3-7,14H2,1-2H3. The van der Waals surface area contributed by atoms with Crippen LogP contribution in [0.2, 0.25) is 0 Å². The van der Waals surface area contributed by atoms with Crippen molar-refractivity contribution in [3.63, 3.8) is 0 Å². The SMILES string of the molecule is CC(C)C(=O)c1sc(N2CCCOCC2)cc1N. The molecule has 1 aliphatic rings. The van der Waals surface area contributed by atoms with E-state index in [-0.39, 0.29) is 11.7 Å². The zero-order chi connectivity index (χ0) is 13.1. The number of hydrogen-bond acceptors (Lipinski definition) is 5. The summed E-state index contributed by atoms with van der Waals surface area (Å²) in [5, 5.41) is 1.09. The summed E-state index contributed by atoms with van der Waals surface area (Å²) in [7, 11) is 0. The fraction of sp³-hybridized carbons (Fsp3) is 0.615. The van der Waals surface area contributed by atoms with Gasteiger partial charge in [0.25, 0.3) is 0 Å². The highest BCUT2D eigenvalue weighted by atomic mass is 32.1. The van der Waals surface area contributed by atoms with Crippen molar-refractivity contribution >= 4 is 27.8 Å². The van der Waals surface area contributed by atoms with Crippen molar-refractivity contribution in [3.05, 3.63) is 10.9 Å². The Morgan fingerprint density at radius 2 is 2.22 bits per heavy atom. The zero-order valence-electron chi connectivity index (χ0n) is 10.9. The Balaban J connectivity index is 2.19. The molecule has 2 N–H and O–H groups in total. The molecule has 1 aromatic rings. The Bertz CT molecular complexity index is 421. The lowest BCUT2D eigenvalue weighted by Crippen LogP contribution is -2.24. The second kappa shape index (κ2) is 5.71. The number of rotatable bonds is 3. The first-order chi connectivity index (χ1) is 8.59. The van der Waals surface area contributed by atoms with Crippen LogP contribution in [0.4, 0.5) is 10.7 Å². The molecule has 2 rings (SSSR count). The first-order valence-electron chi connectivity index (χ1n) is 6.36. The highest BCUT2D eigenvalue weighted by molar-refractivity contribution is 7.18. The predicted octanol–water partition coefficient (Wildman–Crippen LogP) is 2.40. The molecule has 0 spiro atoms. The molecule has 0 saturated carbocycles. The minimum Gasteiger partial charge on any atom is -0.397 e. The van der Waals surface area contributed by atoms with Crippen LogP contribution in [0.25, 0.3) is 0 Å². The minimum absolute atomic E-state index is 0.00809. The summed E-state index contributed by atoms with van der Waals surface area (Å²) in [4.78, 5) is 15.0. The zero-order valence-corrected chi connectivity index (χ0v) is 11.8. The molecule has 0 radical (unpaired) electrons. The number of hydrogen-bond donors (Lipinski definition) is 1. The summed E-state index contributed by atoms with van der Waals surface area (Å²) in [6.07, 6.45) is 1.02. The van der Waals surface area contributed by atoms with E-state index in [1.165, 1.54) is 11.3 Å². The summed E-state index contributed by atoms with van der Waals surface area (Å²) in [6.45, 7) is 7.20. The Labute approximate surface area is 112 Å². The van der Waals surface area contributed by atoms with Gasteiger partial charge in [0.05, 0.1) is 22.2 Å². The van der Waals surface area contributed by atoms with Crippen molar-refractivity contribution in [2.45, 2.75) is 20.3 Å². The average molecular weight is 268 g/mol. The van der Waals surface area contributed by atoms with Crippen molar-refractivity contribution in [3.8, 4) is 0 Å². The lowest BCUT2D eigenvalue weighted by atomic mass is 10.1. The van der Waals surface area contributed by atoms with Crippen molar-refractivity contribution in [2.75, 3.05) is 36.9 Å². The monoisotopic (exact) mass is 268 g/mol. The van der Waals surface area contributed by atoms with E-state index in [1.807, 2.05) is 19.9 Å². The number of anilines is 2. The quantitative estimate of drug-likeness (QED) is 0.855. The molecule has 2 heterocycles. The van der Waals surface area contributed by atoms with Gasteiger partial charge in [-0.2, -0.15) is 0 Å². The van der Waals surface area contributed by atoms with Gasteiger partial charge < -0.3 is 15.4 Å². The number of carbonyl (C=O) groups excluding carboxylic acids is 1. The maximum atomic E-state index is 12.0. The second-order valence-electron chi connectivity index (χ2n) is 4.84. The molecule has 0 atom stereocenters. The molecule has 1 saturated heterocycles. The fourth-order valence-corrected chi connectivity index (χ4v) is 3.19. The Morgan fingerprint density at radius 1 is 1.44 bits per heavy atom. The summed E-state index contributed by atoms with van der Waals surface area (Å²) in [5.41, 5.74) is 6.57. The van der Waals surface area contributed by atoms with E-state index in [2.05, 4.69) is 4.90 Å². The van der Waals surface area contributed by atoms with Gasteiger partial charge in [-0.3, -0.25) is 4.79 Å². The third-order valence-electron chi connectivity index (χ3n) is 3.03. The first kappa shape index (κ1) is 13.4. The average Bonchev–Trinajstić information content (AvgIpc) is 2.55. The van der Waals surface area contributed by atoms with Gasteiger partial charge in [-0.05, 0) is 12.5 Å². The lowest BCUT2D eigenvalue weighted by Gasteiger charge is -2.19. The Kier molecular flexibility index (Phi) is 4.24. The third kappa shape index (κ3) is 2.84. The molecule has 1 aliphatic heterocycles. The van der Waals surface area contributed by atoms with Gasteiger partial charge in [0.2, 0.25) is 0 Å². The molecule has 0 aliphatic carbocycles. The summed E-state index contributed by atoms with van der Waals surface area (Å²) < 4.78 is 5.43. The first-order valence-corrected chi connectivity index (χ1v) is 7.17. The van der Waals surface area contributed by atoms with Crippen molar-refractivity contribution in [1.29, 1.82) is 0 Å². The van der Waals surface area contributed by atoms with Crippen LogP contribution in [0.1, 0.15) is 29.9 Å². The second-order valence-corrected chi connectivity index (χ2v) is 5.87. The fourth-order valence-electron chi connectivity index (χ4n) is 1.97. The molecular formula is C13H20N2O2S. The van der Waals surface area contributed by atoms with E-state index in [4.69, 9.17) is 10.5 Å². The third-order valence-corrected chi connectivity index (χ3v) is 4.26. The van der Waals surface area contributed by atoms with Gasteiger partial charge in [0.1, 0.15) is 0 Å². The Morgan fingerprint density at radius 3 is 2.94 bits per heavy atom. The molecule has 1 aromatic heterocycles. The lowest BCUT2D eigenvalue weighted by molar-refractivity contribution is 0.0944. The summed E-state index contributed by atoms with van der Waals surface area (Å²) in [5.74, 6) is 0.126. The number of nitrogens with two attached hydrogens (primary N) is 1. The van der Waals surface area contributed by atoms with Gasteiger partial charge in [-0.15, -0.1) is 11.3 Å². The minimum atomic E-state index is -0.00809. The number of carbonyl (C=O) groups is 1. The van der Waals surface area contributed by atoms with Crippen LogP contribution in [0.3, 0.4) is 0 Å². The molecule has 4 nitrogen and oxygen atoms in total. The molecule has 100 valence electrons. The van der Waals surface area contributed by atoms with Gasteiger partial charge in [0, 0.05) is 25.6 Å². The largest absolute Gasteiger partial charge is 0.397 e. The van der Waals surface area contributed by atoms with Crippen LogP contribution < -0.4 is 10.6 Å². The number of ketones is 1. The molecule has 0 unspecified atom stereocenters. The molecular weight excluding hydrogens is 248 g/mol. The van der Waals surface area contributed by atoms with Crippen LogP contribution in [0.5, 0.6) is 0 Å². The topological polar surface area (TPSA) is 55.6 Å². The van der Waals surface area contributed by atoms with Gasteiger partial charge in [0.15, 0.2) is 5.78 Å². The van der Waals surface area contributed by atoms with E-state index in [1.54, 1.807) is 0 Å². The molecule has 0 bridgehead atoms. The van der Waals surface area contributed by atoms with Crippen LogP contribution in [0, 0.1) is 5.92 Å². The molecule has 18 heavy (non-hydrogen) atoms. The van der Waals surface area contributed by atoms with Crippen molar-refractivity contribution in [1.82, 2.24) is 0 Å². The number of ether oxygens (including phenoxy) is 1. The highest BCUT2D eigenvalue weighted by Gasteiger charge is 2.20. The molecule has 0 aromatic carbocycles. The predicted molar refractivity (Wildman–Crippen MR) is 75.5 cm³/mol. The van der Waals surface area contributed by atoms with E-state index in [0.717, 1.165) is 37.7 Å². The van der Waals surface area contributed by atoms with E-state index >= 15 is 0 Å². The van der Waals surface area contributed by atoms with E-state index in [0.29, 0.717) is 10.6 Å². The highest BCUT2D eigenvalue weighted by Crippen LogP contribution is 2.34. The van der Waals surface area contributed by atoms with Crippen LogP contribution in [-0.2, 0) is 4.74 Å². The van der Waals surface area contributed by atoms with Gasteiger partial charge >= 0.3 is 0 Å². The van der Waals surface area contributed by atoms with Gasteiger partial charge in [-0.1, -0.05) is 13.8 Å². The number of Topliss-reactive ketones (excluding diaryl/α,β-unsaturated/α-hetero) is 1. The van der Waals surface area contributed by atoms with E-state index < -0.39 is 0 Å². The normalized spacial score (nSPS) is 16.9. The van der Waals surface area contributed by atoms with E-state index in [9.17, 15) is 4.79 Å².